The van der Waals surface area contributed by atoms with E-state index in [1.165, 1.54) is 193 Å². The van der Waals surface area contributed by atoms with E-state index in [4.69, 9.17) is 14.2 Å². The van der Waals surface area contributed by atoms with Crippen LogP contribution in [0.25, 0.3) is 0 Å². The maximum atomic E-state index is 12.9. The Morgan fingerprint density at radius 1 is 0.299 bits per heavy atom. The molecule has 0 amide bonds. The van der Waals surface area contributed by atoms with Gasteiger partial charge in [-0.1, -0.05) is 275 Å². The molecule has 0 aliphatic heterocycles. The summed E-state index contributed by atoms with van der Waals surface area (Å²) in [6.45, 7) is 6.61. The first-order valence-electron chi connectivity index (χ1n) is 29.1. The second-order valence-electron chi connectivity index (χ2n) is 19.6. The molecule has 6 nitrogen and oxygen atoms in total. The fourth-order valence-electron chi connectivity index (χ4n) is 8.44. The SMILES string of the molecule is CCCCCC=CCC=CCC=CCC=CCCCC(=O)OCC(COC(=O)CCCCCCCCCCCCCCCCC)OC(=O)CCCCCCCCCCCCCCCCCCC. The zero-order chi connectivity index (χ0) is 48.6. The van der Waals surface area contributed by atoms with E-state index in [-0.39, 0.29) is 37.5 Å². The molecule has 0 rings (SSSR count). The first kappa shape index (κ1) is 64.4. The van der Waals surface area contributed by atoms with Crippen molar-refractivity contribution in [1.29, 1.82) is 0 Å². The summed E-state index contributed by atoms with van der Waals surface area (Å²) in [6.07, 6.45) is 68.2. The van der Waals surface area contributed by atoms with Gasteiger partial charge in [-0.25, -0.2) is 0 Å². The van der Waals surface area contributed by atoms with E-state index in [9.17, 15) is 14.4 Å². The zero-order valence-electron chi connectivity index (χ0n) is 44.7. The first-order valence-corrected chi connectivity index (χ1v) is 29.1. The molecule has 0 bridgehead atoms. The molecule has 0 aliphatic carbocycles. The number of hydrogen-bond donors (Lipinski definition) is 0. The highest BCUT2D eigenvalue weighted by Crippen LogP contribution is 2.17. The molecule has 0 radical (unpaired) electrons. The summed E-state index contributed by atoms with van der Waals surface area (Å²) < 4.78 is 16.8. The van der Waals surface area contributed by atoms with Gasteiger partial charge in [0.2, 0.25) is 0 Å². The molecule has 390 valence electrons. The Labute approximate surface area is 416 Å². The highest BCUT2D eigenvalue weighted by molar-refractivity contribution is 5.71. The van der Waals surface area contributed by atoms with E-state index < -0.39 is 6.10 Å². The summed E-state index contributed by atoms with van der Waals surface area (Å²) in [5.74, 6) is -0.926. The number of unbranched alkanes of at least 4 members (excludes halogenated alkanes) is 34. The van der Waals surface area contributed by atoms with E-state index in [1.54, 1.807) is 0 Å². The molecule has 1 unspecified atom stereocenters. The van der Waals surface area contributed by atoms with Gasteiger partial charge in [-0.15, -0.1) is 0 Å². The molecule has 0 fully saturated rings. The normalized spacial score (nSPS) is 12.3. The predicted octanol–water partition coefficient (Wildman–Crippen LogP) is 19.4. The number of allylic oxidation sites excluding steroid dienone is 8. The van der Waals surface area contributed by atoms with E-state index in [1.807, 2.05) is 0 Å². The van der Waals surface area contributed by atoms with Gasteiger partial charge in [-0.05, 0) is 57.8 Å². The van der Waals surface area contributed by atoms with Gasteiger partial charge in [-0.3, -0.25) is 14.4 Å². The maximum Gasteiger partial charge on any atom is 0.306 e. The summed E-state index contributed by atoms with van der Waals surface area (Å²) in [7, 11) is 0. The van der Waals surface area contributed by atoms with Crippen LogP contribution in [-0.4, -0.2) is 37.2 Å². The molecule has 0 saturated carbocycles. The van der Waals surface area contributed by atoms with Crippen LogP contribution in [0.15, 0.2) is 48.6 Å². The molecule has 0 spiro atoms. The predicted molar refractivity (Wildman–Crippen MR) is 289 cm³/mol. The average Bonchev–Trinajstić information content (AvgIpc) is 3.33. The van der Waals surface area contributed by atoms with Gasteiger partial charge >= 0.3 is 17.9 Å². The lowest BCUT2D eigenvalue weighted by molar-refractivity contribution is -0.167. The van der Waals surface area contributed by atoms with Crippen molar-refractivity contribution in [2.24, 2.45) is 0 Å². The fraction of sp³-hybridized carbons (Fsp3) is 0.820. The van der Waals surface area contributed by atoms with Gasteiger partial charge < -0.3 is 14.2 Å². The van der Waals surface area contributed by atoms with Crippen molar-refractivity contribution in [2.75, 3.05) is 13.2 Å². The van der Waals surface area contributed by atoms with Gasteiger partial charge in [0.05, 0.1) is 0 Å². The quantitative estimate of drug-likeness (QED) is 0.0262. The third-order valence-electron chi connectivity index (χ3n) is 12.8. The molecule has 6 heteroatoms. The number of ether oxygens (including phenoxy) is 3. The van der Waals surface area contributed by atoms with Crippen molar-refractivity contribution in [1.82, 2.24) is 0 Å². The second kappa shape index (κ2) is 56.0. The molecule has 0 aliphatic rings. The van der Waals surface area contributed by atoms with E-state index in [0.717, 1.165) is 64.2 Å². The van der Waals surface area contributed by atoms with Crippen LogP contribution in [0.3, 0.4) is 0 Å². The topological polar surface area (TPSA) is 78.9 Å². The summed E-state index contributed by atoms with van der Waals surface area (Å²) in [6, 6.07) is 0. The number of carbonyl (C=O) groups excluding carboxylic acids is 3. The summed E-state index contributed by atoms with van der Waals surface area (Å²) >= 11 is 0. The Bertz CT molecular complexity index is 1170. The molecular formula is C61H110O6. The van der Waals surface area contributed by atoms with Crippen molar-refractivity contribution in [3.05, 3.63) is 48.6 Å². The van der Waals surface area contributed by atoms with Gasteiger partial charge in [-0.2, -0.15) is 0 Å². The third-order valence-corrected chi connectivity index (χ3v) is 12.8. The van der Waals surface area contributed by atoms with E-state index in [0.29, 0.717) is 19.3 Å². The zero-order valence-corrected chi connectivity index (χ0v) is 44.7. The lowest BCUT2D eigenvalue weighted by atomic mass is 10.0. The number of carbonyl (C=O) groups is 3. The maximum absolute atomic E-state index is 12.9. The van der Waals surface area contributed by atoms with Crippen LogP contribution in [0.2, 0.25) is 0 Å². The van der Waals surface area contributed by atoms with Crippen LogP contribution in [0, 0.1) is 0 Å². The summed E-state index contributed by atoms with van der Waals surface area (Å²) in [4.78, 5) is 38.1. The summed E-state index contributed by atoms with van der Waals surface area (Å²) in [5, 5.41) is 0. The average molecular weight is 940 g/mol. The highest BCUT2D eigenvalue weighted by atomic mass is 16.6. The fourth-order valence-corrected chi connectivity index (χ4v) is 8.44. The van der Waals surface area contributed by atoms with Crippen molar-refractivity contribution in [2.45, 2.75) is 309 Å². The lowest BCUT2D eigenvalue weighted by Crippen LogP contribution is -2.30. The smallest absolute Gasteiger partial charge is 0.306 e. The Morgan fingerprint density at radius 3 is 0.896 bits per heavy atom. The van der Waals surface area contributed by atoms with Crippen molar-refractivity contribution in [3.63, 3.8) is 0 Å². The Hall–Kier alpha value is -2.63. The van der Waals surface area contributed by atoms with Crippen molar-refractivity contribution >= 4 is 17.9 Å². The van der Waals surface area contributed by atoms with Crippen LogP contribution >= 0.6 is 0 Å². The molecule has 0 N–H and O–H groups in total. The number of esters is 3. The van der Waals surface area contributed by atoms with Crippen molar-refractivity contribution < 1.29 is 28.6 Å². The van der Waals surface area contributed by atoms with Crippen molar-refractivity contribution in [3.8, 4) is 0 Å². The Balaban J connectivity index is 4.42. The minimum absolute atomic E-state index is 0.0855. The summed E-state index contributed by atoms with van der Waals surface area (Å²) in [5.41, 5.74) is 0. The number of rotatable bonds is 53. The van der Waals surface area contributed by atoms with Crippen LogP contribution in [0.5, 0.6) is 0 Å². The van der Waals surface area contributed by atoms with Gasteiger partial charge in [0.15, 0.2) is 6.10 Å². The molecule has 0 aromatic rings. The van der Waals surface area contributed by atoms with Gasteiger partial charge in [0, 0.05) is 19.3 Å². The highest BCUT2D eigenvalue weighted by Gasteiger charge is 2.19. The Morgan fingerprint density at radius 2 is 0.552 bits per heavy atom. The van der Waals surface area contributed by atoms with E-state index >= 15 is 0 Å². The molecule has 0 saturated heterocycles. The Kier molecular flexibility index (Phi) is 53.8. The molecule has 0 aromatic carbocycles. The molecule has 67 heavy (non-hydrogen) atoms. The molecule has 1 atom stereocenters. The van der Waals surface area contributed by atoms with E-state index in [2.05, 4.69) is 69.4 Å². The molecule has 0 heterocycles. The minimum Gasteiger partial charge on any atom is -0.462 e. The number of hydrogen-bond acceptors (Lipinski definition) is 6. The van der Waals surface area contributed by atoms with Crippen LogP contribution in [-0.2, 0) is 28.6 Å². The minimum atomic E-state index is -0.791. The largest absolute Gasteiger partial charge is 0.462 e. The monoisotopic (exact) mass is 939 g/mol. The third kappa shape index (κ3) is 54.2. The van der Waals surface area contributed by atoms with Crippen LogP contribution in [0.1, 0.15) is 303 Å². The molecule has 0 aromatic heterocycles. The van der Waals surface area contributed by atoms with Gasteiger partial charge in [0.1, 0.15) is 13.2 Å². The second-order valence-corrected chi connectivity index (χ2v) is 19.6. The van der Waals surface area contributed by atoms with Gasteiger partial charge in [0.25, 0.3) is 0 Å². The van der Waals surface area contributed by atoms with Crippen LogP contribution in [0.4, 0.5) is 0 Å². The first-order chi connectivity index (χ1) is 33.0. The van der Waals surface area contributed by atoms with Crippen LogP contribution < -0.4 is 0 Å². The standard InChI is InChI=1S/C61H110O6/c1-4-7-10-13-16-19-22-25-28-30-33-36-39-42-45-48-51-54-60(63)66-57-58(56-65-59(62)53-50-47-44-41-38-35-32-27-24-21-18-15-12-9-6-3)67-61(64)55-52-49-46-43-40-37-34-31-29-26-23-20-17-14-11-8-5-2/h16,19,25,28,33,36,42,45,58H,4-15,17-18,20-24,26-27,29-32,34-35,37-41,43-44,46-57H2,1-3H3. The lowest BCUT2D eigenvalue weighted by Gasteiger charge is -2.18. The molecular weight excluding hydrogens is 829 g/mol.